The van der Waals surface area contributed by atoms with Gasteiger partial charge in [0.1, 0.15) is 11.1 Å². The third-order valence-electron chi connectivity index (χ3n) is 7.01. The van der Waals surface area contributed by atoms with Gasteiger partial charge in [0.05, 0.1) is 46.4 Å². The summed E-state index contributed by atoms with van der Waals surface area (Å²) in [4.78, 5) is 24.1. The van der Waals surface area contributed by atoms with Crippen molar-refractivity contribution in [1.82, 2.24) is 38.8 Å². The van der Waals surface area contributed by atoms with Gasteiger partial charge in [0.25, 0.3) is 0 Å². The lowest BCUT2D eigenvalue weighted by Gasteiger charge is -2.03. The molecule has 0 amide bonds. The number of alkyl halides is 6. The molecular formula is C28H26F6N8O4. The Kier molecular flexibility index (Phi) is 7.94. The summed E-state index contributed by atoms with van der Waals surface area (Å²) >= 11 is 0. The minimum atomic E-state index is -4.57. The van der Waals surface area contributed by atoms with Gasteiger partial charge in [-0.2, -0.15) is 46.7 Å². The first-order valence-corrected chi connectivity index (χ1v) is 13.7. The number of rotatable bonds is 4. The molecule has 0 spiro atoms. The second-order valence-corrected chi connectivity index (χ2v) is 10.0. The van der Waals surface area contributed by atoms with Crippen molar-refractivity contribution in [2.75, 3.05) is 13.2 Å². The highest BCUT2D eigenvalue weighted by molar-refractivity contribution is 6.01. The number of hydrogen-bond donors (Lipinski definition) is 0. The average molecular weight is 653 g/mol. The summed E-state index contributed by atoms with van der Waals surface area (Å²) in [5, 5.41) is 15.3. The maximum absolute atomic E-state index is 13.1. The molecule has 0 unspecified atom stereocenters. The summed E-state index contributed by atoms with van der Waals surface area (Å²) in [5.74, 6) is -1.12. The summed E-state index contributed by atoms with van der Waals surface area (Å²) in [6.07, 6.45) is -9.14. The molecule has 0 saturated heterocycles. The smallest absolute Gasteiger partial charge is 0.435 e. The van der Waals surface area contributed by atoms with Crippen molar-refractivity contribution in [2.24, 2.45) is 14.1 Å². The van der Waals surface area contributed by atoms with E-state index in [9.17, 15) is 35.9 Å². The van der Waals surface area contributed by atoms with E-state index in [0.717, 1.165) is 9.36 Å². The first kappa shape index (κ1) is 32.2. The Morgan fingerprint density at radius 3 is 1.30 bits per heavy atom. The van der Waals surface area contributed by atoms with Crippen LogP contribution >= 0.6 is 0 Å². The molecule has 0 radical (unpaired) electrons. The van der Waals surface area contributed by atoms with Gasteiger partial charge in [0, 0.05) is 14.1 Å². The molecule has 0 bridgehead atoms. The molecule has 6 rings (SSSR count). The number of aromatic nitrogens is 8. The van der Waals surface area contributed by atoms with E-state index in [1.54, 1.807) is 27.7 Å². The predicted octanol–water partition coefficient (Wildman–Crippen LogP) is 5.45. The Morgan fingerprint density at radius 2 is 1.00 bits per heavy atom. The third kappa shape index (κ3) is 5.26. The molecule has 6 heterocycles. The number of fused-ring (bicyclic) bond motifs is 6. The standard InChI is InChI=1S/2C14H13F3N4O2/c2*1-4-23-13(22)10-7(2)18-21-9(10)6-5-8-11(14(15,16)17)19-20(3)12(8)21/h2*5-6H,4H2,1-3H3. The topological polar surface area (TPSA) is 123 Å². The van der Waals surface area contributed by atoms with Gasteiger partial charge in [-0.3, -0.25) is 0 Å². The van der Waals surface area contributed by atoms with Gasteiger partial charge in [0.2, 0.25) is 0 Å². The maximum atomic E-state index is 13.1. The molecule has 0 N–H and O–H groups in total. The molecular weight excluding hydrogens is 626 g/mol. The van der Waals surface area contributed by atoms with Crippen LogP contribution in [0.1, 0.15) is 57.3 Å². The van der Waals surface area contributed by atoms with Crippen molar-refractivity contribution in [3.05, 3.63) is 58.2 Å². The van der Waals surface area contributed by atoms with Gasteiger partial charge in [0.15, 0.2) is 22.7 Å². The zero-order chi connectivity index (χ0) is 33.9. The maximum Gasteiger partial charge on any atom is 0.435 e. The van der Waals surface area contributed by atoms with Gasteiger partial charge in [-0.25, -0.2) is 28.0 Å². The minimum absolute atomic E-state index is 0.0783. The van der Waals surface area contributed by atoms with Crippen LogP contribution < -0.4 is 0 Å². The first-order chi connectivity index (χ1) is 21.5. The van der Waals surface area contributed by atoms with E-state index in [1.807, 2.05) is 0 Å². The normalized spacial score (nSPS) is 12.3. The van der Waals surface area contributed by atoms with Crippen LogP contribution in [0.25, 0.3) is 33.1 Å². The lowest BCUT2D eigenvalue weighted by molar-refractivity contribution is -0.141. The van der Waals surface area contributed by atoms with E-state index in [0.29, 0.717) is 22.4 Å². The highest BCUT2D eigenvalue weighted by Gasteiger charge is 2.38. The number of ether oxygens (including phenoxy) is 2. The first-order valence-electron chi connectivity index (χ1n) is 13.7. The summed E-state index contributed by atoms with van der Waals surface area (Å²) in [6.45, 7) is 6.95. The molecule has 6 aromatic rings. The fourth-order valence-corrected chi connectivity index (χ4v) is 5.25. The predicted molar refractivity (Wildman–Crippen MR) is 150 cm³/mol. The van der Waals surface area contributed by atoms with Crippen molar-refractivity contribution in [2.45, 2.75) is 40.0 Å². The molecule has 0 aliphatic rings. The van der Waals surface area contributed by atoms with Crippen LogP contribution in [0, 0.1) is 13.8 Å². The van der Waals surface area contributed by atoms with Crippen molar-refractivity contribution in [3.8, 4) is 0 Å². The Balaban J connectivity index is 0.000000181. The fourth-order valence-electron chi connectivity index (χ4n) is 5.25. The molecule has 12 nitrogen and oxygen atoms in total. The van der Waals surface area contributed by atoms with Crippen molar-refractivity contribution in [3.63, 3.8) is 0 Å². The van der Waals surface area contributed by atoms with Crippen LogP contribution in [-0.4, -0.2) is 63.9 Å². The third-order valence-corrected chi connectivity index (χ3v) is 7.01. The Hall–Kier alpha value is -5.16. The molecule has 0 aromatic carbocycles. The number of nitrogens with zero attached hydrogens (tertiary/aromatic N) is 8. The molecule has 46 heavy (non-hydrogen) atoms. The van der Waals surface area contributed by atoms with E-state index in [4.69, 9.17) is 9.47 Å². The number of halogens is 6. The molecule has 6 aromatic heterocycles. The number of carbonyl (C=O) groups excluding carboxylic acids is 2. The zero-order valence-corrected chi connectivity index (χ0v) is 25.2. The number of esters is 2. The largest absolute Gasteiger partial charge is 0.462 e. The summed E-state index contributed by atoms with van der Waals surface area (Å²) < 4.78 is 93.1. The van der Waals surface area contributed by atoms with Gasteiger partial charge in [-0.1, -0.05) is 0 Å². The number of carbonyl (C=O) groups is 2. The lowest BCUT2D eigenvalue weighted by atomic mass is 10.2. The van der Waals surface area contributed by atoms with E-state index in [1.165, 1.54) is 47.4 Å². The van der Waals surface area contributed by atoms with Crippen molar-refractivity contribution >= 4 is 45.0 Å². The van der Waals surface area contributed by atoms with Gasteiger partial charge >= 0.3 is 24.3 Å². The molecule has 0 atom stereocenters. The zero-order valence-electron chi connectivity index (χ0n) is 25.2. The number of pyridine rings is 2. The number of aryl methyl sites for hydroxylation is 4. The van der Waals surface area contributed by atoms with Crippen LogP contribution in [0.5, 0.6) is 0 Å². The highest BCUT2D eigenvalue weighted by Crippen LogP contribution is 2.36. The van der Waals surface area contributed by atoms with E-state index in [-0.39, 0.29) is 46.4 Å². The Labute approximate surface area is 255 Å². The minimum Gasteiger partial charge on any atom is -0.462 e. The van der Waals surface area contributed by atoms with Crippen LogP contribution in [0.3, 0.4) is 0 Å². The van der Waals surface area contributed by atoms with Crippen LogP contribution in [-0.2, 0) is 35.9 Å². The van der Waals surface area contributed by atoms with Gasteiger partial charge in [-0.15, -0.1) is 0 Å². The van der Waals surface area contributed by atoms with Crippen molar-refractivity contribution in [1.29, 1.82) is 0 Å². The van der Waals surface area contributed by atoms with Crippen LogP contribution in [0.2, 0.25) is 0 Å². The van der Waals surface area contributed by atoms with E-state index >= 15 is 0 Å². The highest BCUT2D eigenvalue weighted by atomic mass is 19.4. The molecule has 0 fully saturated rings. The second-order valence-electron chi connectivity index (χ2n) is 10.0. The van der Waals surface area contributed by atoms with Crippen LogP contribution in [0.15, 0.2) is 24.3 Å². The Morgan fingerprint density at radius 1 is 0.652 bits per heavy atom. The van der Waals surface area contributed by atoms with Crippen molar-refractivity contribution < 1.29 is 45.4 Å². The van der Waals surface area contributed by atoms with E-state index < -0.39 is 35.7 Å². The monoisotopic (exact) mass is 652 g/mol. The molecule has 244 valence electrons. The van der Waals surface area contributed by atoms with Gasteiger partial charge < -0.3 is 9.47 Å². The second kappa shape index (κ2) is 11.3. The lowest BCUT2D eigenvalue weighted by Crippen LogP contribution is -2.07. The van der Waals surface area contributed by atoms with E-state index in [2.05, 4.69) is 20.4 Å². The fraction of sp³-hybridized carbons (Fsp3) is 0.357. The van der Waals surface area contributed by atoms with Crippen LogP contribution in [0.4, 0.5) is 26.3 Å². The number of hydrogen-bond acceptors (Lipinski definition) is 8. The molecule has 18 heteroatoms. The molecule has 0 saturated carbocycles. The molecule has 0 aliphatic carbocycles. The summed E-state index contributed by atoms with van der Waals surface area (Å²) in [7, 11) is 2.80. The van der Waals surface area contributed by atoms with Gasteiger partial charge in [-0.05, 0) is 52.0 Å². The summed E-state index contributed by atoms with van der Waals surface area (Å²) in [5.41, 5.74) is 0.353. The average Bonchev–Trinajstić information content (AvgIpc) is 3.68. The SMILES string of the molecule is CCOC(=O)c1c(C)nn2c1ccc1c(C(F)(F)F)nn(C)c12.CCOC(=O)c1c(C)nn2c1ccc1c(C(F)(F)F)nn(C)c12. The summed E-state index contributed by atoms with van der Waals surface area (Å²) in [6, 6.07) is 5.44. The quantitative estimate of drug-likeness (QED) is 0.182. The Bertz CT molecular complexity index is 2000. The molecule has 0 aliphatic heterocycles.